The Morgan fingerprint density at radius 2 is 0.592 bits per heavy atom. The van der Waals surface area contributed by atoms with E-state index in [1.54, 1.807) is 0 Å². The predicted molar refractivity (Wildman–Crippen MR) is 207 cm³/mol. The van der Waals surface area contributed by atoms with E-state index in [0.717, 1.165) is 17.1 Å². The molecule has 0 aromatic heterocycles. The lowest BCUT2D eigenvalue weighted by Gasteiger charge is -2.29. The van der Waals surface area contributed by atoms with Gasteiger partial charge in [0.05, 0.1) is 5.69 Å². The van der Waals surface area contributed by atoms with Crippen molar-refractivity contribution >= 4 is 17.1 Å². The summed E-state index contributed by atoms with van der Waals surface area (Å²) in [5.74, 6) is 0. The Hall–Kier alpha value is -6.44. The van der Waals surface area contributed by atoms with Crippen LogP contribution in [0.1, 0.15) is 0 Å². The smallest absolute Gasteiger partial charge is 0.0546 e. The van der Waals surface area contributed by atoms with Gasteiger partial charge in [0, 0.05) is 16.9 Å². The number of benzene rings is 8. The maximum Gasteiger partial charge on any atom is 0.0546 e. The van der Waals surface area contributed by atoms with Crippen molar-refractivity contribution in [3.05, 3.63) is 200 Å². The van der Waals surface area contributed by atoms with Gasteiger partial charge in [-0.2, -0.15) is 0 Å². The zero-order valence-electron chi connectivity index (χ0n) is 27.0. The highest BCUT2D eigenvalue weighted by molar-refractivity contribution is 6.10. The number of anilines is 3. The van der Waals surface area contributed by atoms with Gasteiger partial charge in [-0.05, 0) is 91.5 Å². The number of hydrogen-bond donors (Lipinski definition) is 0. The molecule has 9 rings (SSSR count). The van der Waals surface area contributed by atoms with Crippen LogP contribution >= 0.6 is 0 Å². The van der Waals surface area contributed by atoms with Gasteiger partial charge in [-0.3, -0.25) is 0 Å². The van der Waals surface area contributed by atoms with Crippen molar-refractivity contribution in [2.24, 2.45) is 0 Å². The number of hydrogen-bond acceptors (Lipinski definition) is 1. The molecule has 0 radical (unpaired) electrons. The van der Waals surface area contributed by atoms with Crippen molar-refractivity contribution in [1.29, 1.82) is 0 Å². The monoisotopic (exact) mass is 623 g/mol. The Morgan fingerprint density at radius 1 is 0.224 bits per heavy atom. The topological polar surface area (TPSA) is 3.24 Å². The molecule has 1 nitrogen and oxygen atoms in total. The molecule has 0 fully saturated rings. The minimum atomic E-state index is 1.11. The standard InChI is InChI=1S/C48H33N/c1-4-14-34(15-5-1)36-26-30-39(31-27-36)49(40-32-28-37(29-33-40)35-16-6-2-7-17-35)46-25-13-23-44-42-21-11-10-20-41(42)43-22-12-24-45(48(44)46)47(43)38-18-8-3-9-19-38/h1-33H. The quantitative estimate of drug-likeness (QED) is 0.178. The van der Waals surface area contributed by atoms with E-state index in [9.17, 15) is 0 Å². The summed E-state index contributed by atoms with van der Waals surface area (Å²) in [6, 6.07) is 72.5. The molecule has 0 saturated carbocycles. The van der Waals surface area contributed by atoms with E-state index in [1.807, 2.05) is 0 Å². The molecular weight excluding hydrogens is 591 g/mol. The fourth-order valence-corrected chi connectivity index (χ4v) is 7.38. The highest BCUT2D eigenvalue weighted by Gasteiger charge is 2.28. The van der Waals surface area contributed by atoms with Crippen molar-refractivity contribution < 1.29 is 0 Å². The van der Waals surface area contributed by atoms with Crippen LogP contribution in [0.2, 0.25) is 0 Å². The van der Waals surface area contributed by atoms with E-state index in [-0.39, 0.29) is 0 Å². The van der Waals surface area contributed by atoms with Gasteiger partial charge in [0.25, 0.3) is 0 Å². The molecule has 0 aliphatic heterocycles. The number of rotatable bonds is 6. The predicted octanol–water partition coefficient (Wildman–Crippen LogP) is 13.5. The van der Waals surface area contributed by atoms with Crippen molar-refractivity contribution in [3.8, 4) is 66.8 Å². The highest BCUT2D eigenvalue weighted by Crippen LogP contribution is 2.54. The molecular formula is C48H33N. The minimum Gasteiger partial charge on any atom is -0.310 e. The van der Waals surface area contributed by atoms with Crippen molar-refractivity contribution in [2.45, 2.75) is 0 Å². The summed E-state index contributed by atoms with van der Waals surface area (Å²) in [5.41, 5.74) is 18.1. The lowest BCUT2D eigenvalue weighted by atomic mass is 9.89. The molecule has 0 saturated heterocycles. The fraction of sp³-hybridized carbons (Fsp3) is 0. The Balaban J connectivity index is 1.30. The SMILES string of the molecule is c1ccc(-c2ccc(N(c3ccc(-c4ccccc4)cc3)c3cccc4c3-c3cccc(c3-c3ccccc3)-c3ccccc3-4)cc2)cc1. The maximum atomic E-state index is 2.43. The lowest BCUT2D eigenvalue weighted by molar-refractivity contribution is 1.28. The van der Waals surface area contributed by atoms with Gasteiger partial charge in [-0.25, -0.2) is 0 Å². The molecule has 0 N–H and O–H groups in total. The Labute approximate surface area is 288 Å². The van der Waals surface area contributed by atoms with E-state index < -0.39 is 0 Å². The molecule has 49 heavy (non-hydrogen) atoms. The van der Waals surface area contributed by atoms with Crippen LogP contribution < -0.4 is 4.90 Å². The van der Waals surface area contributed by atoms with Crippen LogP contribution in [0.4, 0.5) is 17.1 Å². The summed E-state index contributed by atoms with van der Waals surface area (Å²) in [6.45, 7) is 0. The fourth-order valence-electron chi connectivity index (χ4n) is 7.38. The second kappa shape index (κ2) is 12.3. The van der Waals surface area contributed by atoms with Crippen LogP contribution in [0.5, 0.6) is 0 Å². The van der Waals surface area contributed by atoms with Gasteiger partial charge in [0.1, 0.15) is 0 Å². The Bertz CT molecular complexity index is 2310. The van der Waals surface area contributed by atoms with E-state index in [1.165, 1.54) is 66.8 Å². The van der Waals surface area contributed by atoms with Gasteiger partial charge < -0.3 is 4.90 Å². The zero-order valence-corrected chi connectivity index (χ0v) is 27.0. The molecule has 0 amide bonds. The van der Waals surface area contributed by atoms with Crippen LogP contribution in [-0.2, 0) is 0 Å². The summed E-state index contributed by atoms with van der Waals surface area (Å²) in [5, 5.41) is 0. The van der Waals surface area contributed by atoms with Gasteiger partial charge in [-0.1, -0.05) is 170 Å². The van der Waals surface area contributed by atoms with Crippen molar-refractivity contribution in [1.82, 2.24) is 0 Å². The Morgan fingerprint density at radius 3 is 1.10 bits per heavy atom. The van der Waals surface area contributed by atoms with Gasteiger partial charge in [0.15, 0.2) is 0 Å². The average molecular weight is 624 g/mol. The van der Waals surface area contributed by atoms with Gasteiger partial charge >= 0.3 is 0 Å². The third-order valence-electron chi connectivity index (χ3n) is 9.65. The molecule has 0 unspecified atom stereocenters. The maximum absolute atomic E-state index is 2.43. The number of fused-ring (bicyclic) bond motifs is 7. The summed E-state index contributed by atoms with van der Waals surface area (Å²) >= 11 is 0. The third kappa shape index (κ3) is 5.13. The first-order valence-corrected chi connectivity index (χ1v) is 16.9. The molecule has 0 atom stereocenters. The largest absolute Gasteiger partial charge is 0.310 e. The van der Waals surface area contributed by atoms with Gasteiger partial charge in [0.2, 0.25) is 0 Å². The van der Waals surface area contributed by atoms with E-state index in [2.05, 4.69) is 205 Å². The zero-order chi connectivity index (χ0) is 32.6. The third-order valence-corrected chi connectivity index (χ3v) is 9.65. The first-order chi connectivity index (χ1) is 24.3. The van der Waals surface area contributed by atoms with Crippen LogP contribution in [0.25, 0.3) is 66.8 Å². The minimum absolute atomic E-state index is 1.11. The van der Waals surface area contributed by atoms with E-state index >= 15 is 0 Å². The lowest BCUT2D eigenvalue weighted by Crippen LogP contribution is -2.11. The van der Waals surface area contributed by atoms with E-state index in [0.29, 0.717) is 0 Å². The second-order valence-corrected chi connectivity index (χ2v) is 12.5. The van der Waals surface area contributed by atoms with Crippen LogP contribution in [0.15, 0.2) is 200 Å². The summed E-state index contributed by atoms with van der Waals surface area (Å²) in [4.78, 5) is 2.43. The summed E-state index contributed by atoms with van der Waals surface area (Å²) < 4.78 is 0. The Kier molecular flexibility index (Phi) is 7.22. The molecule has 2 bridgehead atoms. The highest BCUT2D eigenvalue weighted by atomic mass is 15.1. The molecule has 1 aliphatic carbocycles. The summed E-state index contributed by atoms with van der Waals surface area (Å²) in [6.07, 6.45) is 0. The molecule has 1 aliphatic rings. The van der Waals surface area contributed by atoms with Crippen LogP contribution in [0, 0.1) is 0 Å². The molecule has 0 spiro atoms. The number of nitrogens with zero attached hydrogens (tertiary/aromatic N) is 1. The first-order valence-electron chi connectivity index (χ1n) is 16.9. The van der Waals surface area contributed by atoms with Gasteiger partial charge in [-0.15, -0.1) is 0 Å². The van der Waals surface area contributed by atoms with E-state index in [4.69, 9.17) is 0 Å². The van der Waals surface area contributed by atoms with Crippen molar-refractivity contribution in [3.63, 3.8) is 0 Å². The summed E-state index contributed by atoms with van der Waals surface area (Å²) in [7, 11) is 0. The molecule has 230 valence electrons. The second-order valence-electron chi connectivity index (χ2n) is 12.5. The van der Waals surface area contributed by atoms with Crippen molar-refractivity contribution in [2.75, 3.05) is 4.90 Å². The molecule has 0 heterocycles. The normalized spacial score (nSPS) is 11.3. The van der Waals surface area contributed by atoms with Crippen LogP contribution in [-0.4, -0.2) is 0 Å². The molecule has 1 heteroatoms. The van der Waals surface area contributed by atoms with Crippen LogP contribution in [0.3, 0.4) is 0 Å². The molecule has 8 aromatic carbocycles. The molecule has 8 aromatic rings. The average Bonchev–Trinajstić information content (AvgIpc) is 3.25. The first kappa shape index (κ1) is 28.8.